The lowest BCUT2D eigenvalue weighted by Gasteiger charge is -2.13. The van der Waals surface area contributed by atoms with Crippen LogP contribution in [0.2, 0.25) is 0 Å². The fourth-order valence-electron chi connectivity index (χ4n) is 2.21. The number of methoxy groups -OCH3 is 1. The molecule has 0 radical (unpaired) electrons. The van der Waals surface area contributed by atoms with Gasteiger partial charge in [0, 0.05) is 5.92 Å². The second-order valence-corrected chi connectivity index (χ2v) is 4.68. The Morgan fingerprint density at radius 1 is 1.42 bits per heavy atom. The van der Waals surface area contributed by atoms with Crippen molar-refractivity contribution in [3.05, 3.63) is 35.9 Å². The average Bonchev–Trinajstić information content (AvgIpc) is 2.81. The number of hydrogen-bond donors (Lipinski definition) is 2. The van der Waals surface area contributed by atoms with Crippen molar-refractivity contribution in [1.82, 2.24) is 5.32 Å². The number of rotatable bonds is 5. The lowest BCUT2D eigenvalue weighted by Crippen LogP contribution is -2.37. The van der Waals surface area contributed by atoms with Gasteiger partial charge in [0.25, 0.3) is 0 Å². The van der Waals surface area contributed by atoms with Gasteiger partial charge in [-0.1, -0.05) is 30.3 Å². The Morgan fingerprint density at radius 2 is 2.16 bits per heavy atom. The Kier molecular flexibility index (Phi) is 4.90. The van der Waals surface area contributed by atoms with Crippen molar-refractivity contribution in [3.8, 4) is 0 Å². The molecule has 1 fully saturated rings. The van der Waals surface area contributed by atoms with E-state index < -0.39 is 12.3 Å². The van der Waals surface area contributed by atoms with Gasteiger partial charge in [0.1, 0.15) is 12.3 Å². The molecule has 1 aliphatic heterocycles. The van der Waals surface area contributed by atoms with Crippen LogP contribution in [0.25, 0.3) is 0 Å². The van der Waals surface area contributed by atoms with Crippen molar-refractivity contribution in [3.63, 3.8) is 0 Å². The smallest absolute Gasteiger partial charge is 0.322 e. The largest absolute Gasteiger partial charge is 0.468 e. The van der Waals surface area contributed by atoms with Gasteiger partial charge >= 0.3 is 5.97 Å². The molecule has 1 heterocycles. The number of ether oxygens (including phenoxy) is 2. The molecule has 0 aromatic heterocycles. The maximum Gasteiger partial charge on any atom is 0.322 e. The summed E-state index contributed by atoms with van der Waals surface area (Å²) in [6, 6.07) is 9.40. The molecular formula is C14H19NO4. The topological polar surface area (TPSA) is 67.8 Å². The van der Waals surface area contributed by atoms with Crippen LogP contribution in [0.3, 0.4) is 0 Å². The van der Waals surface area contributed by atoms with E-state index in [2.05, 4.69) is 10.1 Å². The average molecular weight is 265 g/mol. The van der Waals surface area contributed by atoms with E-state index in [4.69, 9.17) is 4.74 Å². The molecular weight excluding hydrogens is 246 g/mol. The first-order valence-electron chi connectivity index (χ1n) is 6.34. The molecule has 0 saturated carbocycles. The van der Waals surface area contributed by atoms with Crippen LogP contribution in [0.4, 0.5) is 0 Å². The molecule has 0 aliphatic carbocycles. The highest BCUT2D eigenvalue weighted by Gasteiger charge is 2.36. The summed E-state index contributed by atoms with van der Waals surface area (Å²) >= 11 is 0. The standard InChI is InChI=1S/C14H19NO4/c1-18-14(17)12-7-11(13(16)15-12)9-19-8-10-5-3-2-4-6-10/h2-6,11-13,15-16H,7-9H2,1H3. The number of hydrogen-bond acceptors (Lipinski definition) is 5. The first kappa shape index (κ1) is 14.0. The number of carbonyl (C=O) groups is 1. The van der Waals surface area contributed by atoms with Crippen LogP contribution in [-0.4, -0.2) is 37.1 Å². The van der Waals surface area contributed by atoms with Crippen molar-refractivity contribution in [1.29, 1.82) is 0 Å². The van der Waals surface area contributed by atoms with Crippen LogP contribution in [0.1, 0.15) is 12.0 Å². The quantitative estimate of drug-likeness (QED) is 0.766. The van der Waals surface area contributed by atoms with E-state index in [1.54, 1.807) is 0 Å². The van der Waals surface area contributed by atoms with Crippen LogP contribution < -0.4 is 5.32 Å². The number of carbonyl (C=O) groups excluding carboxylic acids is 1. The second-order valence-electron chi connectivity index (χ2n) is 4.68. The first-order valence-corrected chi connectivity index (χ1v) is 6.34. The number of aliphatic hydroxyl groups is 1. The van der Waals surface area contributed by atoms with Gasteiger partial charge in [0.2, 0.25) is 0 Å². The minimum Gasteiger partial charge on any atom is -0.468 e. The van der Waals surface area contributed by atoms with Crippen LogP contribution >= 0.6 is 0 Å². The number of aliphatic hydroxyl groups excluding tert-OH is 1. The zero-order valence-electron chi connectivity index (χ0n) is 10.9. The first-order chi connectivity index (χ1) is 9.20. The van der Waals surface area contributed by atoms with E-state index in [1.165, 1.54) is 7.11 Å². The Balaban J connectivity index is 1.76. The van der Waals surface area contributed by atoms with Crippen LogP contribution in [-0.2, 0) is 20.9 Å². The minimum absolute atomic E-state index is 0.0900. The van der Waals surface area contributed by atoms with Crippen molar-refractivity contribution in [2.45, 2.75) is 25.3 Å². The van der Waals surface area contributed by atoms with Crippen molar-refractivity contribution < 1.29 is 19.4 Å². The van der Waals surface area contributed by atoms with E-state index in [0.717, 1.165) is 5.56 Å². The van der Waals surface area contributed by atoms with Crippen molar-refractivity contribution in [2.75, 3.05) is 13.7 Å². The van der Waals surface area contributed by atoms with E-state index in [9.17, 15) is 9.90 Å². The summed E-state index contributed by atoms with van der Waals surface area (Å²) < 4.78 is 10.2. The lowest BCUT2D eigenvalue weighted by molar-refractivity contribution is -0.143. The highest BCUT2D eigenvalue weighted by atomic mass is 16.5. The molecule has 5 nitrogen and oxygen atoms in total. The molecule has 5 heteroatoms. The molecule has 3 atom stereocenters. The van der Waals surface area contributed by atoms with Crippen LogP contribution in [0.15, 0.2) is 30.3 Å². The van der Waals surface area contributed by atoms with Crippen molar-refractivity contribution >= 4 is 5.97 Å². The molecule has 0 spiro atoms. The van der Waals surface area contributed by atoms with Crippen LogP contribution in [0.5, 0.6) is 0 Å². The minimum atomic E-state index is -0.722. The Hall–Kier alpha value is -1.43. The maximum atomic E-state index is 11.4. The third kappa shape index (κ3) is 3.76. The van der Waals surface area contributed by atoms with Gasteiger partial charge in [-0.3, -0.25) is 10.1 Å². The molecule has 2 N–H and O–H groups in total. The molecule has 1 aromatic rings. The highest BCUT2D eigenvalue weighted by Crippen LogP contribution is 2.20. The molecule has 2 rings (SSSR count). The predicted molar refractivity (Wildman–Crippen MR) is 69.2 cm³/mol. The van der Waals surface area contributed by atoms with Gasteiger partial charge in [0.15, 0.2) is 0 Å². The zero-order valence-corrected chi connectivity index (χ0v) is 10.9. The van der Waals surface area contributed by atoms with Gasteiger partial charge in [-0.15, -0.1) is 0 Å². The summed E-state index contributed by atoms with van der Waals surface area (Å²) in [5.41, 5.74) is 1.09. The molecule has 19 heavy (non-hydrogen) atoms. The van der Waals surface area contributed by atoms with Gasteiger partial charge < -0.3 is 14.6 Å². The Morgan fingerprint density at radius 3 is 2.84 bits per heavy atom. The van der Waals surface area contributed by atoms with Crippen molar-refractivity contribution in [2.24, 2.45) is 5.92 Å². The van der Waals surface area contributed by atoms with E-state index >= 15 is 0 Å². The molecule has 0 amide bonds. The third-order valence-corrected chi connectivity index (χ3v) is 3.29. The fourth-order valence-corrected chi connectivity index (χ4v) is 2.21. The number of benzene rings is 1. The van der Waals surface area contributed by atoms with Crippen LogP contribution in [0, 0.1) is 5.92 Å². The molecule has 1 aliphatic rings. The van der Waals surface area contributed by atoms with E-state index in [0.29, 0.717) is 19.6 Å². The predicted octanol–water partition coefficient (Wildman–Crippen LogP) is 0.673. The third-order valence-electron chi connectivity index (χ3n) is 3.29. The highest BCUT2D eigenvalue weighted by molar-refractivity contribution is 5.76. The van der Waals surface area contributed by atoms with E-state index in [-0.39, 0.29) is 11.9 Å². The summed E-state index contributed by atoms with van der Waals surface area (Å²) in [5, 5.41) is 12.6. The van der Waals surface area contributed by atoms with Gasteiger partial charge in [-0.2, -0.15) is 0 Å². The normalized spacial score (nSPS) is 26.3. The Labute approximate surface area is 112 Å². The van der Waals surface area contributed by atoms with Gasteiger partial charge in [0.05, 0.1) is 20.3 Å². The summed E-state index contributed by atoms with van der Waals surface area (Å²) in [6.07, 6.45) is -0.192. The molecule has 104 valence electrons. The van der Waals surface area contributed by atoms with Gasteiger partial charge in [-0.25, -0.2) is 0 Å². The maximum absolute atomic E-state index is 11.4. The molecule has 3 unspecified atom stereocenters. The zero-order chi connectivity index (χ0) is 13.7. The second kappa shape index (κ2) is 6.65. The molecule has 1 saturated heterocycles. The summed E-state index contributed by atoms with van der Waals surface area (Å²) in [6.45, 7) is 0.920. The summed E-state index contributed by atoms with van der Waals surface area (Å²) in [4.78, 5) is 11.4. The summed E-state index contributed by atoms with van der Waals surface area (Å²) in [5.74, 6) is -0.433. The summed E-state index contributed by atoms with van der Waals surface area (Å²) in [7, 11) is 1.34. The molecule has 1 aromatic carbocycles. The lowest BCUT2D eigenvalue weighted by atomic mass is 10.1. The SMILES string of the molecule is COC(=O)C1CC(COCc2ccccc2)C(O)N1. The monoisotopic (exact) mass is 265 g/mol. The number of esters is 1. The Bertz CT molecular complexity index is 409. The van der Waals surface area contributed by atoms with Gasteiger partial charge in [-0.05, 0) is 12.0 Å². The number of nitrogens with one attached hydrogen (secondary N) is 1. The van der Waals surface area contributed by atoms with E-state index in [1.807, 2.05) is 30.3 Å². The molecule has 0 bridgehead atoms. The fraction of sp³-hybridized carbons (Fsp3) is 0.500.